The first-order valence-corrected chi connectivity index (χ1v) is 18.1. The van der Waals surface area contributed by atoms with Crippen molar-refractivity contribution in [2.45, 2.75) is 83.1 Å². The van der Waals surface area contributed by atoms with E-state index in [9.17, 15) is 31.5 Å². The molecule has 2 aliphatic carbocycles. The van der Waals surface area contributed by atoms with Crippen LogP contribution in [0.15, 0.2) is 60.1 Å². The number of aromatic nitrogens is 5. The number of guanidine groups is 1. The number of carbonyl (C=O) groups is 2. The number of aliphatic imine (C=N–C) groups is 1. The average molecular weight is 811 g/mol. The molecule has 294 valence electrons. The number of nitrogens with two attached hydrogens (primary N) is 1. The highest BCUT2D eigenvalue weighted by atomic mass is 35.5. The van der Waals surface area contributed by atoms with Crippen LogP contribution >= 0.6 is 23.2 Å². The molecule has 3 N–H and O–H groups in total. The fraction of sp³-hybridized carbons (Fsp3) is 0.444. The van der Waals surface area contributed by atoms with Gasteiger partial charge in [0.1, 0.15) is 18.5 Å². The lowest BCUT2D eigenvalue weighted by molar-refractivity contribution is -0.164. The molecule has 2 saturated carbocycles. The van der Waals surface area contributed by atoms with Gasteiger partial charge < -0.3 is 15.8 Å². The molecule has 2 aromatic heterocycles. The number of hydrogen-bond donors (Lipinski definition) is 2. The molecule has 19 heteroatoms. The third-order valence-corrected chi connectivity index (χ3v) is 9.95. The SMILES string of the molecule is CC(C)(C)CCN=C(N)N(C(=O)c1ccc(-c2cnn(C3CC3)c2)c(Cl)c1)[C@H](COC(=O)NC1(C(F)(F)F)CC1)c1ccc(Cl)c(-n2ncnc2C(F)F)c1. The first-order valence-electron chi connectivity index (χ1n) is 17.3. The number of nitrogens with zero attached hydrogens (tertiary/aromatic N) is 7. The van der Waals surface area contributed by atoms with Gasteiger partial charge in [-0.25, -0.2) is 23.2 Å². The third-order valence-electron chi connectivity index (χ3n) is 9.32. The molecule has 1 atom stereocenters. The molecular weight excluding hydrogens is 772 g/mol. The second-order valence-corrected chi connectivity index (χ2v) is 15.5. The average Bonchev–Trinajstić information content (AvgIpc) is 4.00. The number of benzene rings is 2. The zero-order chi connectivity index (χ0) is 39.9. The van der Waals surface area contributed by atoms with Crippen molar-refractivity contribution in [2.24, 2.45) is 16.1 Å². The highest BCUT2D eigenvalue weighted by Crippen LogP contribution is 2.49. The van der Waals surface area contributed by atoms with E-state index < -0.39 is 48.6 Å². The van der Waals surface area contributed by atoms with E-state index in [-0.39, 0.29) is 57.6 Å². The Labute approximate surface area is 322 Å². The van der Waals surface area contributed by atoms with Gasteiger partial charge >= 0.3 is 12.3 Å². The Hall–Kier alpha value is -4.77. The molecule has 55 heavy (non-hydrogen) atoms. The summed E-state index contributed by atoms with van der Waals surface area (Å²) in [5, 5.41) is 10.4. The Balaban J connectivity index is 1.41. The van der Waals surface area contributed by atoms with Gasteiger partial charge in [0.25, 0.3) is 12.3 Å². The number of rotatable bonds is 12. The number of ether oxygens (including phenoxy) is 1. The molecule has 0 saturated heterocycles. The Morgan fingerprint density at radius 1 is 1.09 bits per heavy atom. The standard InChI is InChI=1S/C36H38Cl2F5N9O3/c1-34(2,3)12-13-45-32(44)51(31(53)21-4-8-24(26(38)14-21)22-16-47-50(17-22)23-6-7-23)28(18-55-33(54)49-35(10-11-35)36(41,42)43)20-5-9-25(37)27(15-20)52-30(29(39)40)46-19-48-52/h4-5,8-9,14-17,19,23,28-29H,6-7,10-13,18H2,1-3H3,(H2,44,45)(H,49,54)/t28-/m1/s1. The fourth-order valence-corrected chi connectivity index (χ4v) is 6.31. The largest absolute Gasteiger partial charge is 0.447 e. The summed E-state index contributed by atoms with van der Waals surface area (Å²) >= 11 is 13.2. The molecule has 4 aromatic rings. The summed E-state index contributed by atoms with van der Waals surface area (Å²) in [5.41, 5.74) is 5.36. The Bertz CT molecular complexity index is 2090. The minimum atomic E-state index is -4.73. The Morgan fingerprint density at radius 3 is 2.44 bits per heavy atom. The van der Waals surface area contributed by atoms with Crippen molar-refractivity contribution in [1.82, 2.24) is 34.8 Å². The van der Waals surface area contributed by atoms with E-state index in [1.54, 1.807) is 12.3 Å². The van der Waals surface area contributed by atoms with Crippen LogP contribution in [-0.2, 0) is 4.74 Å². The first-order chi connectivity index (χ1) is 25.9. The van der Waals surface area contributed by atoms with E-state index in [0.29, 0.717) is 18.0 Å². The van der Waals surface area contributed by atoms with Gasteiger partial charge in [-0.05, 0) is 67.3 Å². The van der Waals surface area contributed by atoms with Gasteiger partial charge in [-0.1, -0.05) is 56.1 Å². The number of nitrogens with one attached hydrogen (secondary N) is 1. The topological polar surface area (TPSA) is 146 Å². The number of halogens is 7. The second-order valence-electron chi connectivity index (χ2n) is 14.7. The predicted octanol–water partition coefficient (Wildman–Crippen LogP) is 8.47. The van der Waals surface area contributed by atoms with Gasteiger partial charge in [-0.3, -0.25) is 19.4 Å². The van der Waals surface area contributed by atoms with Crippen LogP contribution in [0, 0.1) is 5.41 Å². The maximum atomic E-state index is 14.6. The molecule has 6 rings (SSSR count). The van der Waals surface area contributed by atoms with Gasteiger partial charge in [-0.15, -0.1) is 0 Å². The zero-order valence-electron chi connectivity index (χ0n) is 30.0. The van der Waals surface area contributed by atoms with E-state index in [4.69, 9.17) is 33.7 Å². The van der Waals surface area contributed by atoms with Gasteiger partial charge in [-0.2, -0.15) is 23.4 Å². The van der Waals surface area contributed by atoms with Crippen LogP contribution in [0.4, 0.5) is 26.7 Å². The van der Waals surface area contributed by atoms with Crippen molar-refractivity contribution in [2.75, 3.05) is 13.2 Å². The van der Waals surface area contributed by atoms with Crippen LogP contribution in [0.5, 0.6) is 0 Å². The lowest BCUT2D eigenvalue weighted by atomic mass is 9.92. The normalized spacial score (nSPS) is 16.2. The van der Waals surface area contributed by atoms with Crippen molar-refractivity contribution >= 4 is 41.2 Å². The van der Waals surface area contributed by atoms with Gasteiger partial charge in [0.15, 0.2) is 11.8 Å². The smallest absolute Gasteiger partial charge is 0.411 e. The fourth-order valence-electron chi connectivity index (χ4n) is 5.82. The highest BCUT2D eigenvalue weighted by molar-refractivity contribution is 6.34. The summed E-state index contributed by atoms with van der Waals surface area (Å²) < 4.78 is 77.0. The van der Waals surface area contributed by atoms with Gasteiger partial charge in [0.05, 0.1) is 29.0 Å². The van der Waals surface area contributed by atoms with Crippen molar-refractivity contribution in [1.29, 1.82) is 0 Å². The van der Waals surface area contributed by atoms with Crippen LogP contribution < -0.4 is 11.1 Å². The lowest BCUT2D eigenvalue weighted by Gasteiger charge is -2.32. The molecule has 2 heterocycles. The summed E-state index contributed by atoms with van der Waals surface area (Å²) in [6.45, 7) is 5.35. The first kappa shape index (κ1) is 39.9. The molecule has 2 fully saturated rings. The molecule has 2 aliphatic rings. The van der Waals surface area contributed by atoms with Crippen LogP contribution in [-0.4, -0.2) is 72.3 Å². The van der Waals surface area contributed by atoms with Crippen molar-refractivity contribution in [3.05, 3.63) is 82.1 Å². The summed E-state index contributed by atoms with van der Waals surface area (Å²) in [6, 6.07) is 7.56. The van der Waals surface area contributed by atoms with Crippen LogP contribution in [0.1, 0.15) is 93.1 Å². The van der Waals surface area contributed by atoms with Crippen LogP contribution in [0.25, 0.3) is 16.8 Å². The summed E-state index contributed by atoms with van der Waals surface area (Å²) in [7, 11) is 0. The number of carbonyl (C=O) groups excluding carboxylic acids is 2. The Kier molecular flexibility index (Phi) is 11.2. The quantitative estimate of drug-likeness (QED) is 0.0830. The van der Waals surface area contributed by atoms with E-state index in [0.717, 1.165) is 34.3 Å². The summed E-state index contributed by atoms with van der Waals surface area (Å²) in [4.78, 5) is 36.7. The van der Waals surface area contributed by atoms with Gasteiger partial charge in [0.2, 0.25) is 0 Å². The van der Waals surface area contributed by atoms with Crippen molar-refractivity contribution < 1.29 is 36.3 Å². The molecule has 12 nitrogen and oxygen atoms in total. The molecule has 2 aromatic carbocycles. The molecular formula is C36H38Cl2F5N9O3. The number of alkyl carbamates (subject to hydrolysis) is 1. The van der Waals surface area contributed by atoms with E-state index in [2.05, 4.69) is 20.2 Å². The van der Waals surface area contributed by atoms with Gasteiger partial charge in [0, 0.05) is 34.5 Å². The number of alkyl halides is 5. The number of amides is 2. The highest BCUT2D eigenvalue weighted by Gasteiger charge is 2.64. The molecule has 0 unspecified atom stereocenters. The maximum Gasteiger partial charge on any atom is 0.411 e. The molecule has 0 radical (unpaired) electrons. The lowest BCUT2D eigenvalue weighted by Crippen LogP contribution is -2.49. The molecule has 0 bridgehead atoms. The molecule has 0 aliphatic heterocycles. The van der Waals surface area contributed by atoms with Crippen LogP contribution in [0.3, 0.4) is 0 Å². The third kappa shape index (κ3) is 9.04. The van der Waals surface area contributed by atoms with E-state index >= 15 is 0 Å². The minimum absolute atomic E-state index is 0.0335. The van der Waals surface area contributed by atoms with E-state index in [1.165, 1.54) is 30.3 Å². The maximum absolute atomic E-state index is 14.6. The van der Waals surface area contributed by atoms with Crippen molar-refractivity contribution in [3.8, 4) is 16.8 Å². The summed E-state index contributed by atoms with van der Waals surface area (Å²) in [5.74, 6) is -1.83. The molecule has 0 spiro atoms. The summed E-state index contributed by atoms with van der Waals surface area (Å²) in [6.07, 6.45) is -2.83. The second kappa shape index (κ2) is 15.4. The molecule has 2 amide bonds. The predicted molar refractivity (Wildman–Crippen MR) is 194 cm³/mol. The van der Waals surface area contributed by atoms with E-state index in [1.807, 2.05) is 37.0 Å². The monoisotopic (exact) mass is 809 g/mol. The van der Waals surface area contributed by atoms with Crippen LogP contribution in [0.2, 0.25) is 10.0 Å². The number of hydrogen-bond acceptors (Lipinski definition) is 7. The zero-order valence-corrected chi connectivity index (χ0v) is 31.5. The Morgan fingerprint density at radius 2 is 1.82 bits per heavy atom. The van der Waals surface area contributed by atoms with Crippen molar-refractivity contribution in [3.63, 3.8) is 0 Å². The minimum Gasteiger partial charge on any atom is -0.447 e.